The molecule has 0 radical (unpaired) electrons. The number of likely N-dealkylation sites (tertiary alicyclic amines) is 1. The van der Waals surface area contributed by atoms with Gasteiger partial charge in [0.05, 0.1) is 6.10 Å². The van der Waals surface area contributed by atoms with Gasteiger partial charge in [0.1, 0.15) is 11.2 Å². The molecule has 5 rings (SSSR count). The first-order chi connectivity index (χ1) is 22.1. The summed E-state index contributed by atoms with van der Waals surface area (Å²) in [5, 5.41) is -0.0951. The summed E-state index contributed by atoms with van der Waals surface area (Å²) < 4.78 is 7.24. The summed E-state index contributed by atoms with van der Waals surface area (Å²) in [5.74, 6) is -1.82. The van der Waals surface area contributed by atoms with E-state index in [4.69, 9.17) is 4.43 Å². The highest BCUT2D eigenvalue weighted by molar-refractivity contribution is 6.74. The fraction of sp³-hybridized carbons (Fsp3) is 0.488. The number of carbonyl (C=O) groups excluding carboxylic acids is 3. The molecule has 1 spiro atoms. The van der Waals surface area contributed by atoms with Gasteiger partial charge in [0.25, 0.3) is 5.91 Å². The summed E-state index contributed by atoms with van der Waals surface area (Å²) in [6.07, 6.45) is 8.01. The molecule has 7 atom stereocenters. The third kappa shape index (κ3) is 6.31. The summed E-state index contributed by atoms with van der Waals surface area (Å²) in [5.41, 5.74) is 2.06. The SMILES string of the molecule is C=C1[C@@H](C)[C@H]2[C@H](Cc3ccccc3)N(C(=O)c3ccccc3)C(=O)[C@]23C(=O)CC/C(C)=C/[C@@H](C)C/C=C/[C@H]3[C@@H]1O[Si](C)(C)C(C)(C)C. The van der Waals surface area contributed by atoms with Crippen molar-refractivity contribution in [2.24, 2.45) is 29.1 Å². The molecule has 1 saturated heterocycles. The van der Waals surface area contributed by atoms with E-state index in [9.17, 15) is 4.79 Å². The van der Waals surface area contributed by atoms with Crippen LogP contribution >= 0.6 is 0 Å². The van der Waals surface area contributed by atoms with Crippen LogP contribution in [0.3, 0.4) is 0 Å². The van der Waals surface area contributed by atoms with Crippen molar-refractivity contribution in [3.05, 3.63) is 108 Å². The quantitative estimate of drug-likeness (QED) is 0.140. The minimum atomic E-state index is -2.39. The highest BCUT2D eigenvalue weighted by Crippen LogP contribution is 2.61. The first-order valence-corrected chi connectivity index (χ1v) is 20.2. The summed E-state index contributed by atoms with van der Waals surface area (Å²) in [7, 11) is -2.39. The minimum Gasteiger partial charge on any atom is -0.410 e. The number of benzene rings is 2. The highest BCUT2D eigenvalue weighted by atomic mass is 28.4. The van der Waals surface area contributed by atoms with E-state index >= 15 is 9.59 Å². The molecule has 1 saturated carbocycles. The van der Waals surface area contributed by atoms with Crippen molar-refractivity contribution in [3.8, 4) is 0 Å². The third-order valence-electron chi connectivity index (χ3n) is 11.6. The van der Waals surface area contributed by atoms with Crippen molar-refractivity contribution in [2.45, 2.75) is 97.5 Å². The molecule has 1 heterocycles. The Morgan fingerprint density at radius 2 is 1.62 bits per heavy atom. The van der Waals surface area contributed by atoms with Gasteiger partial charge < -0.3 is 4.43 Å². The second-order valence-corrected chi connectivity index (χ2v) is 20.5. The van der Waals surface area contributed by atoms with Gasteiger partial charge in [-0.15, -0.1) is 0 Å². The normalized spacial score (nSPS) is 32.1. The van der Waals surface area contributed by atoms with Gasteiger partial charge in [0.2, 0.25) is 5.91 Å². The lowest BCUT2D eigenvalue weighted by molar-refractivity contribution is -0.153. The smallest absolute Gasteiger partial charge is 0.260 e. The maximum absolute atomic E-state index is 15.5. The molecule has 2 fully saturated rings. The number of carbonyl (C=O) groups is 3. The fourth-order valence-corrected chi connectivity index (χ4v) is 9.31. The molecule has 6 heteroatoms. The van der Waals surface area contributed by atoms with Crippen molar-refractivity contribution < 1.29 is 18.8 Å². The number of amides is 2. The number of hydrogen-bond acceptors (Lipinski definition) is 4. The van der Waals surface area contributed by atoms with Crippen LogP contribution in [0.15, 0.2) is 96.6 Å². The predicted octanol–water partition coefficient (Wildman–Crippen LogP) is 8.99. The summed E-state index contributed by atoms with van der Waals surface area (Å²) in [6, 6.07) is 18.5. The van der Waals surface area contributed by atoms with Gasteiger partial charge >= 0.3 is 0 Å². The second kappa shape index (κ2) is 13.3. The lowest BCUT2D eigenvalue weighted by atomic mass is 9.51. The Balaban J connectivity index is 1.78. The van der Waals surface area contributed by atoms with Crippen molar-refractivity contribution in [2.75, 3.05) is 0 Å². The summed E-state index contributed by atoms with van der Waals surface area (Å²) in [4.78, 5) is 46.8. The summed E-state index contributed by atoms with van der Waals surface area (Å²) >= 11 is 0. The van der Waals surface area contributed by atoms with Gasteiger partial charge in [-0.05, 0) is 79.4 Å². The number of hydrogen-bond donors (Lipinski definition) is 0. The van der Waals surface area contributed by atoms with Crippen LogP contribution in [0.25, 0.3) is 0 Å². The molecule has 0 bridgehead atoms. The molecule has 5 nitrogen and oxygen atoms in total. The molecule has 2 amide bonds. The molecule has 0 unspecified atom stereocenters. The molecular weight excluding hydrogens is 599 g/mol. The Kier molecular flexibility index (Phi) is 9.88. The monoisotopic (exact) mass is 651 g/mol. The van der Waals surface area contributed by atoms with Crippen LogP contribution < -0.4 is 0 Å². The number of nitrogens with zero attached hydrogens (tertiary/aromatic N) is 1. The van der Waals surface area contributed by atoms with E-state index in [2.05, 4.69) is 79.4 Å². The van der Waals surface area contributed by atoms with E-state index in [-0.39, 0.29) is 40.9 Å². The van der Waals surface area contributed by atoms with Gasteiger partial charge in [-0.1, -0.05) is 114 Å². The Morgan fingerprint density at radius 3 is 2.23 bits per heavy atom. The maximum atomic E-state index is 15.5. The third-order valence-corrected chi connectivity index (χ3v) is 16.0. The van der Waals surface area contributed by atoms with Crippen molar-refractivity contribution in [1.29, 1.82) is 0 Å². The van der Waals surface area contributed by atoms with Crippen LogP contribution in [0.1, 0.15) is 76.7 Å². The van der Waals surface area contributed by atoms with Crippen LogP contribution in [0.4, 0.5) is 0 Å². The van der Waals surface area contributed by atoms with E-state index in [0.717, 1.165) is 23.1 Å². The van der Waals surface area contributed by atoms with Crippen LogP contribution in [-0.4, -0.2) is 43.0 Å². The molecule has 0 N–H and O–H groups in total. The maximum Gasteiger partial charge on any atom is 0.260 e. The zero-order valence-corrected chi connectivity index (χ0v) is 30.6. The second-order valence-electron chi connectivity index (χ2n) is 15.8. The molecule has 1 aliphatic heterocycles. The first kappa shape index (κ1) is 35.0. The van der Waals surface area contributed by atoms with Crippen molar-refractivity contribution in [1.82, 2.24) is 4.90 Å². The minimum absolute atomic E-state index is 0.0888. The van der Waals surface area contributed by atoms with Gasteiger partial charge in [-0.25, -0.2) is 0 Å². The number of ketones is 1. The fourth-order valence-electron chi connectivity index (χ4n) is 8.03. The lowest BCUT2D eigenvalue weighted by Gasteiger charge is -2.53. The highest BCUT2D eigenvalue weighted by Gasteiger charge is 2.72. The number of rotatable bonds is 5. The number of Topliss-reactive ketones (excluding diaryl/α,β-unsaturated/α-hetero) is 1. The van der Waals surface area contributed by atoms with Crippen molar-refractivity contribution in [3.63, 3.8) is 0 Å². The van der Waals surface area contributed by atoms with Crippen molar-refractivity contribution >= 4 is 25.9 Å². The van der Waals surface area contributed by atoms with Crippen LogP contribution in [0.2, 0.25) is 18.1 Å². The zero-order chi connectivity index (χ0) is 34.3. The molecule has 2 aromatic rings. The van der Waals surface area contributed by atoms with Crippen LogP contribution in [-0.2, 0) is 20.4 Å². The Morgan fingerprint density at radius 1 is 1.00 bits per heavy atom. The van der Waals surface area contributed by atoms with Gasteiger partial charge in [-0.2, -0.15) is 0 Å². The Bertz CT molecular complexity index is 1570. The Hall–Kier alpha value is -3.35. The van der Waals surface area contributed by atoms with E-state index in [1.54, 1.807) is 12.1 Å². The predicted molar refractivity (Wildman–Crippen MR) is 192 cm³/mol. The molecule has 3 aliphatic rings. The van der Waals surface area contributed by atoms with Gasteiger partial charge in [0, 0.05) is 29.9 Å². The van der Waals surface area contributed by atoms with Crippen LogP contribution in [0, 0.1) is 29.1 Å². The zero-order valence-electron chi connectivity index (χ0n) is 29.6. The van der Waals surface area contributed by atoms with E-state index in [1.807, 2.05) is 48.5 Å². The Labute approximate surface area is 283 Å². The van der Waals surface area contributed by atoms with E-state index < -0.39 is 37.7 Å². The van der Waals surface area contributed by atoms with Crippen LogP contribution in [0.5, 0.6) is 0 Å². The molecule has 250 valence electrons. The van der Waals surface area contributed by atoms with E-state index in [0.29, 0.717) is 18.4 Å². The molecule has 47 heavy (non-hydrogen) atoms. The van der Waals surface area contributed by atoms with Gasteiger partial charge in [0.15, 0.2) is 8.32 Å². The molecule has 2 aliphatic carbocycles. The van der Waals surface area contributed by atoms with Gasteiger partial charge in [-0.3, -0.25) is 19.3 Å². The topological polar surface area (TPSA) is 63.7 Å². The summed E-state index contributed by atoms with van der Waals surface area (Å²) in [6.45, 7) is 22.1. The molecule has 0 aromatic heterocycles. The lowest BCUT2D eigenvalue weighted by Crippen LogP contribution is -2.61. The number of imide groups is 1. The average molecular weight is 652 g/mol. The largest absolute Gasteiger partial charge is 0.410 e. The molecular formula is C41H53NO4Si. The molecule has 2 aromatic carbocycles. The average Bonchev–Trinajstić information content (AvgIpc) is 3.26. The standard InChI is InChI=1S/C41H53NO4Si/c1-27-17-16-22-33-37(46-47(8,9)40(5,6)7)30(4)29(3)36-34(26-31-18-12-10-13-19-31)42(38(44)32-20-14-11-15-21-32)39(45)41(33,36)35(43)24-23-28(2)25-27/h10-16,18-22,25,27,29,33-34,36-37H,4,17,23-24,26H2,1-3,5-9H3/b22-16+,28-25+/t27-,29+,33-,34-,36-,37+,41+/m0/s1. The van der Waals surface area contributed by atoms with E-state index in [1.165, 1.54) is 4.90 Å². The number of allylic oxidation sites excluding steroid dienone is 3. The first-order valence-electron chi connectivity index (χ1n) is 17.3.